The molecule has 0 aliphatic heterocycles. The molecule has 1 aliphatic carbocycles. The summed E-state index contributed by atoms with van der Waals surface area (Å²) in [6, 6.07) is 0.760. The highest BCUT2D eigenvalue weighted by Crippen LogP contribution is 2.27. The van der Waals surface area contributed by atoms with Crippen LogP contribution >= 0.6 is 11.8 Å². The molecule has 16 heavy (non-hydrogen) atoms. The summed E-state index contributed by atoms with van der Waals surface area (Å²) < 4.78 is 0. The van der Waals surface area contributed by atoms with Crippen LogP contribution in [0.15, 0.2) is 0 Å². The van der Waals surface area contributed by atoms with Gasteiger partial charge in [0.1, 0.15) is 0 Å². The number of hydrogen-bond donors (Lipinski definition) is 1. The van der Waals surface area contributed by atoms with Gasteiger partial charge in [-0.15, -0.1) is 0 Å². The van der Waals surface area contributed by atoms with Gasteiger partial charge in [-0.1, -0.05) is 46.5 Å². The molecule has 0 heterocycles. The quantitative estimate of drug-likeness (QED) is 0.706. The monoisotopic (exact) mass is 243 g/mol. The van der Waals surface area contributed by atoms with Gasteiger partial charge in [0, 0.05) is 11.8 Å². The first-order valence-electron chi connectivity index (χ1n) is 7.09. The first-order valence-corrected chi connectivity index (χ1v) is 8.14. The van der Waals surface area contributed by atoms with Crippen LogP contribution in [0.5, 0.6) is 0 Å². The third-order valence-corrected chi connectivity index (χ3v) is 4.76. The van der Waals surface area contributed by atoms with E-state index in [2.05, 4.69) is 37.8 Å². The SMILES string of the molecule is CCNC(CSC(C)C)C1CCCCCC1. The summed E-state index contributed by atoms with van der Waals surface area (Å²) in [5.41, 5.74) is 0. The number of hydrogen-bond acceptors (Lipinski definition) is 2. The maximum absolute atomic E-state index is 3.71. The van der Waals surface area contributed by atoms with E-state index in [-0.39, 0.29) is 0 Å². The lowest BCUT2D eigenvalue weighted by atomic mass is 9.93. The molecule has 0 radical (unpaired) electrons. The van der Waals surface area contributed by atoms with Crippen molar-refractivity contribution in [3.8, 4) is 0 Å². The van der Waals surface area contributed by atoms with Gasteiger partial charge in [0.25, 0.3) is 0 Å². The molecule has 1 aliphatic rings. The zero-order valence-corrected chi connectivity index (χ0v) is 12.1. The molecule has 0 aromatic rings. The van der Waals surface area contributed by atoms with Gasteiger partial charge in [-0.25, -0.2) is 0 Å². The average molecular weight is 243 g/mol. The van der Waals surface area contributed by atoms with Gasteiger partial charge in [-0.3, -0.25) is 0 Å². The fourth-order valence-electron chi connectivity index (χ4n) is 2.63. The van der Waals surface area contributed by atoms with Crippen LogP contribution in [0.3, 0.4) is 0 Å². The van der Waals surface area contributed by atoms with E-state index in [9.17, 15) is 0 Å². The molecule has 1 unspecified atom stereocenters. The Balaban J connectivity index is 2.39. The molecule has 1 fully saturated rings. The summed E-state index contributed by atoms with van der Waals surface area (Å²) in [7, 11) is 0. The molecule has 1 saturated carbocycles. The zero-order valence-electron chi connectivity index (χ0n) is 11.3. The van der Waals surface area contributed by atoms with E-state index in [1.54, 1.807) is 0 Å². The molecule has 1 rings (SSSR count). The molecule has 0 bridgehead atoms. The van der Waals surface area contributed by atoms with E-state index < -0.39 is 0 Å². The Morgan fingerprint density at radius 3 is 2.25 bits per heavy atom. The smallest absolute Gasteiger partial charge is 0.0186 e. The van der Waals surface area contributed by atoms with E-state index >= 15 is 0 Å². The van der Waals surface area contributed by atoms with Crippen molar-refractivity contribution in [1.29, 1.82) is 0 Å². The molecule has 0 aromatic heterocycles. The minimum Gasteiger partial charge on any atom is -0.313 e. The van der Waals surface area contributed by atoms with E-state index in [0.717, 1.165) is 23.8 Å². The average Bonchev–Trinajstić information content (AvgIpc) is 2.52. The number of thioether (sulfide) groups is 1. The standard InChI is InChI=1S/C14H29NS/c1-4-15-14(11-16-12(2)3)13-9-7-5-6-8-10-13/h12-15H,4-11H2,1-3H3. The van der Waals surface area contributed by atoms with Gasteiger partial charge < -0.3 is 5.32 Å². The Kier molecular flexibility index (Phi) is 7.55. The van der Waals surface area contributed by atoms with Gasteiger partial charge in [-0.05, 0) is 30.6 Å². The van der Waals surface area contributed by atoms with Crippen molar-refractivity contribution in [2.75, 3.05) is 12.3 Å². The summed E-state index contributed by atoms with van der Waals surface area (Å²) in [6.07, 6.45) is 8.75. The van der Waals surface area contributed by atoms with Gasteiger partial charge in [0.2, 0.25) is 0 Å². The second-order valence-corrected chi connectivity index (χ2v) is 6.91. The van der Waals surface area contributed by atoms with Crippen molar-refractivity contribution in [2.24, 2.45) is 5.92 Å². The Morgan fingerprint density at radius 1 is 1.12 bits per heavy atom. The summed E-state index contributed by atoms with van der Waals surface area (Å²) in [6.45, 7) is 7.98. The molecular formula is C14H29NS. The van der Waals surface area contributed by atoms with Crippen molar-refractivity contribution < 1.29 is 0 Å². The lowest BCUT2D eigenvalue weighted by Gasteiger charge is -2.27. The molecule has 1 N–H and O–H groups in total. The van der Waals surface area contributed by atoms with Crippen LogP contribution in [-0.2, 0) is 0 Å². The summed E-state index contributed by atoms with van der Waals surface area (Å²) in [5.74, 6) is 2.24. The topological polar surface area (TPSA) is 12.0 Å². The molecule has 0 saturated heterocycles. The third-order valence-electron chi connectivity index (χ3n) is 3.54. The van der Waals surface area contributed by atoms with Crippen LogP contribution in [0.2, 0.25) is 0 Å². The summed E-state index contributed by atoms with van der Waals surface area (Å²) in [4.78, 5) is 0. The second kappa shape index (κ2) is 8.41. The first-order chi connectivity index (χ1) is 7.74. The maximum Gasteiger partial charge on any atom is 0.0186 e. The normalized spacial score (nSPS) is 21.0. The largest absolute Gasteiger partial charge is 0.313 e. The van der Waals surface area contributed by atoms with E-state index in [4.69, 9.17) is 0 Å². The Bertz CT molecular complexity index is 162. The lowest BCUT2D eigenvalue weighted by Crippen LogP contribution is -2.38. The van der Waals surface area contributed by atoms with Crippen LogP contribution in [0.1, 0.15) is 59.3 Å². The Hall–Kier alpha value is 0.310. The summed E-state index contributed by atoms with van der Waals surface area (Å²) >= 11 is 2.12. The van der Waals surface area contributed by atoms with Gasteiger partial charge in [0.05, 0.1) is 0 Å². The first kappa shape index (κ1) is 14.4. The third kappa shape index (κ3) is 5.58. The van der Waals surface area contributed by atoms with E-state index in [1.807, 2.05) is 0 Å². The van der Waals surface area contributed by atoms with Crippen LogP contribution in [-0.4, -0.2) is 23.6 Å². The predicted molar refractivity (Wildman–Crippen MR) is 76.3 cm³/mol. The van der Waals surface area contributed by atoms with Gasteiger partial charge in [0.15, 0.2) is 0 Å². The molecular weight excluding hydrogens is 214 g/mol. The zero-order chi connectivity index (χ0) is 11.8. The number of rotatable bonds is 6. The molecule has 0 amide bonds. The molecule has 1 atom stereocenters. The van der Waals surface area contributed by atoms with E-state index in [0.29, 0.717) is 0 Å². The highest BCUT2D eigenvalue weighted by molar-refractivity contribution is 7.99. The lowest BCUT2D eigenvalue weighted by molar-refractivity contribution is 0.347. The second-order valence-electron chi connectivity index (χ2n) is 5.30. The van der Waals surface area contributed by atoms with Crippen molar-refractivity contribution in [3.05, 3.63) is 0 Å². The number of nitrogens with one attached hydrogen (secondary N) is 1. The van der Waals surface area contributed by atoms with Crippen LogP contribution in [0.25, 0.3) is 0 Å². The fraction of sp³-hybridized carbons (Fsp3) is 1.00. The van der Waals surface area contributed by atoms with Crippen molar-refractivity contribution >= 4 is 11.8 Å². The maximum atomic E-state index is 3.71. The Morgan fingerprint density at radius 2 is 1.75 bits per heavy atom. The van der Waals surface area contributed by atoms with Gasteiger partial charge >= 0.3 is 0 Å². The van der Waals surface area contributed by atoms with Crippen molar-refractivity contribution in [2.45, 2.75) is 70.6 Å². The molecule has 0 aromatic carbocycles. The van der Waals surface area contributed by atoms with Crippen LogP contribution in [0.4, 0.5) is 0 Å². The minimum absolute atomic E-state index is 0.760. The van der Waals surface area contributed by atoms with Crippen LogP contribution in [0, 0.1) is 5.92 Å². The van der Waals surface area contributed by atoms with Crippen molar-refractivity contribution in [1.82, 2.24) is 5.32 Å². The van der Waals surface area contributed by atoms with Crippen molar-refractivity contribution in [3.63, 3.8) is 0 Å². The summed E-state index contributed by atoms with van der Waals surface area (Å²) in [5, 5.41) is 4.48. The molecule has 1 nitrogen and oxygen atoms in total. The molecule has 96 valence electrons. The fourth-order valence-corrected chi connectivity index (χ4v) is 3.62. The highest BCUT2D eigenvalue weighted by Gasteiger charge is 2.22. The highest BCUT2D eigenvalue weighted by atomic mass is 32.2. The minimum atomic E-state index is 0.760. The molecule has 2 heteroatoms. The van der Waals surface area contributed by atoms with E-state index in [1.165, 1.54) is 44.3 Å². The van der Waals surface area contributed by atoms with Crippen LogP contribution < -0.4 is 5.32 Å². The molecule has 0 spiro atoms. The Labute approximate surface area is 106 Å². The predicted octanol–water partition coefficient (Wildman–Crippen LogP) is 4.08. The van der Waals surface area contributed by atoms with Gasteiger partial charge in [-0.2, -0.15) is 11.8 Å².